The van der Waals surface area contributed by atoms with Crippen molar-refractivity contribution in [1.29, 1.82) is 0 Å². The van der Waals surface area contributed by atoms with Crippen LogP contribution in [-0.2, 0) is 12.8 Å². The number of anilines is 1. The summed E-state index contributed by atoms with van der Waals surface area (Å²) < 4.78 is 23.9. The number of thiophene rings is 1. The van der Waals surface area contributed by atoms with E-state index in [-0.39, 0.29) is 11.5 Å². The molecular weight excluding hydrogens is 630 g/mol. The lowest BCUT2D eigenvalue weighted by Gasteiger charge is -2.52. The minimum absolute atomic E-state index is 0.175. The van der Waals surface area contributed by atoms with E-state index < -0.39 is 11.9 Å². The average molecular weight is 666 g/mol. The third kappa shape index (κ3) is 5.29. The molecule has 3 aliphatic rings. The molecule has 1 spiro atoms. The zero-order valence-electron chi connectivity index (χ0n) is 27.1. The molecule has 5 aromatic rings. The number of nitrogens with two attached hydrogens (primary N) is 1. The van der Waals surface area contributed by atoms with Crippen molar-refractivity contribution in [2.24, 2.45) is 22.1 Å². The smallest absolute Gasteiger partial charge is 0.269 e. The van der Waals surface area contributed by atoms with Crippen LogP contribution in [0.25, 0.3) is 5.00 Å². The summed E-state index contributed by atoms with van der Waals surface area (Å²) in [6.45, 7) is 7.89. The van der Waals surface area contributed by atoms with E-state index in [4.69, 9.17) is 15.1 Å². The molecule has 48 heavy (non-hydrogen) atoms. The lowest BCUT2D eigenvalue weighted by molar-refractivity contribution is 0.0281. The van der Waals surface area contributed by atoms with Crippen molar-refractivity contribution < 1.29 is 13.6 Å². The number of hydrogen-bond acceptors (Lipinski definition) is 10. The van der Waals surface area contributed by atoms with Gasteiger partial charge < -0.3 is 15.1 Å². The van der Waals surface area contributed by atoms with Crippen molar-refractivity contribution in [3.8, 4) is 5.00 Å². The maximum Gasteiger partial charge on any atom is 0.269 e. The van der Waals surface area contributed by atoms with Gasteiger partial charge in [0.15, 0.2) is 23.2 Å². The fraction of sp³-hybridized carbons (Fsp3) is 0.400. The Morgan fingerprint density at radius 2 is 1.88 bits per heavy atom. The molecule has 8 rings (SSSR count). The molecule has 13 heteroatoms. The van der Waals surface area contributed by atoms with Gasteiger partial charge in [0, 0.05) is 29.1 Å². The minimum atomic E-state index is -0.574. The number of carbonyl (C=O) groups is 1. The number of piperidine rings is 1. The van der Waals surface area contributed by atoms with E-state index in [0.717, 1.165) is 83.4 Å². The summed E-state index contributed by atoms with van der Waals surface area (Å²) >= 11 is 1.65. The number of nitrogens with zero attached hydrogens (tertiary/aromatic N) is 8. The highest BCUT2D eigenvalue weighted by atomic mass is 32.1. The normalized spacial score (nSPS) is 18.6. The largest absolute Gasteiger partial charge is 0.449 e. The molecular formula is C35H36FN9O2S. The van der Waals surface area contributed by atoms with Crippen molar-refractivity contribution in [3.63, 3.8) is 0 Å². The van der Waals surface area contributed by atoms with Crippen LogP contribution in [0.15, 0.2) is 52.2 Å². The van der Waals surface area contributed by atoms with Crippen LogP contribution in [0.2, 0.25) is 0 Å². The van der Waals surface area contributed by atoms with Gasteiger partial charge in [0.05, 0.1) is 18.3 Å². The standard InChI is InChI=1S/C35H36FN9O2S/c1-19-20(2)48-34-30(19)31(39-27(16-29-38-10-13-47-29)33-43-40-21(3)45(33)34)24-5-4-22(15-25(24)36)14-23-17-35(18-23)8-11-44(12-9-35)28-7-6-26(32(37)46)41-42-28/h4-7,10,13,15,23,27H,8-9,11-12,14,16-18H2,1-3H3,(H2,37,46). The number of aromatic nitrogens is 6. The highest BCUT2D eigenvalue weighted by Crippen LogP contribution is 2.54. The summed E-state index contributed by atoms with van der Waals surface area (Å²) in [6.07, 6.45) is 8.85. The predicted molar refractivity (Wildman–Crippen MR) is 179 cm³/mol. The molecule has 1 aliphatic carbocycles. The van der Waals surface area contributed by atoms with Gasteiger partial charge >= 0.3 is 0 Å². The summed E-state index contributed by atoms with van der Waals surface area (Å²) in [6, 6.07) is 8.67. The fourth-order valence-corrected chi connectivity index (χ4v) is 9.01. The second kappa shape index (κ2) is 11.7. The second-order valence-electron chi connectivity index (χ2n) is 13.4. The lowest BCUT2D eigenvalue weighted by Crippen LogP contribution is -2.47. The maximum absolute atomic E-state index is 16.2. The molecule has 2 aliphatic heterocycles. The fourth-order valence-electron chi connectivity index (χ4n) is 7.79. The van der Waals surface area contributed by atoms with E-state index in [2.05, 4.69) is 54.8 Å². The van der Waals surface area contributed by atoms with Crippen molar-refractivity contribution in [2.75, 3.05) is 18.0 Å². The van der Waals surface area contributed by atoms with Crippen molar-refractivity contribution in [2.45, 2.75) is 65.3 Å². The molecule has 11 nitrogen and oxygen atoms in total. The van der Waals surface area contributed by atoms with E-state index in [9.17, 15) is 4.79 Å². The van der Waals surface area contributed by atoms with Gasteiger partial charge in [-0.3, -0.25) is 14.4 Å². The van der Waals surface area contributed by atoms with Gasteiger partial charge in [-0.2, -0.15) is 0 Å². The summed E-state index contributed by atoms with van der Waals surface area (Å²) in [5, 5.41) is 18.0. The topological polar surface area (TPSA) is 141 Å². The summed E-state index contributed by atoms with van der Waals surface area (Å²) in [4.78, 5) is 24.2. The first-order valence-electron chi connectivity index (χ1n) is 16.3. The van der Waals surface area contributed by atoms with Crippen LogP contribution in [0.4, 0.5) is 10.2 Å². The average Bonchev–Trinajstić information content (AvgIpc) is 3.76. The second-order valence-corrected chi connectivity index (χ2v) is 14.7. The number of halogens is 1. The summed E-state index contributed by atoms with van der Waals surface area (Å²) in [5.41, 5.74) is 9.93. The van der Waals surface area contributed by atoms with Crippen LogP contribution in [0.1, 0.15) is 86.9 Å². The van der Waals surface area contributed by atoms with Crippen molar-refractivity contribution in [3.05, 3.63) is 99.0 Å². The first kappa shape index (κ1) is 30.5. The number of amides is 1. The molecule has 1 saturated carbocycles. The zero-order valence-corrected chi connectivity index (χ0v) is 27.9. The molecule has 4 aromatic heterocycles. The van der Waals surface area contributed by atoms with Crippen LogP contribution < -0.4 is 10.6 Å². The third-order valence-electron chi connectivity index (χ3n) is 10.4. The van der Waals surface area contributed by atoms with E-state index >= 15 is 4.39 Å². The predicted octanol–water partition coefficient (Wildman–Crippen LogP) is 5.64. The quantitative estimate of drug-likeness (QED) is 0.235. The Labute approximate surface area is 281 Å². The van der Waals surface area contributed by atoms with Crippen LogP contribution in [0.3, 0.4) is 0 Å². The van der Waals surface area contributed by atoms with E-state index in [1.807, 2.05) is 19.1 Å². The molecule has 1 saturated heterocycles. The molecule has 246 valence electrons. The van der Waals surface area contributed by atoms with Gasteiger partial charge in [-0.05, 0) is 99.6 Å². The number of fused-ring (bicyclic) bond motifs is 3. The first-order chi connectivity index (χ1) is 23.2. The Kier molecular flexibility index (Phi) is 7.46. The number of aryl methyl sites for hydroxylation is 2. The Morgan fingerprint density at radius 1 is 1.06 bits per heavy atom. The minimum Gasteiger partial charge on any atom is -0.449 e. The van der Waals surface area contributed by atoms with Gasteiger partial charge in [0.2, 0.25) is 0 Å². The molecule has 1 atom stereocenters. The molecule has 0 radical (unpaired) electrons. The van der Waals surface area contributed by atoms with Gasteiger partial charge in [-0.1, -0.05) is 6.07 Å². The van der Waals surface area contributed by atoms with E-state index in [0.29, 0.717) is 40.7 Å². The number of benzene rings is 1. The number of primary amides is 1. The number of oxazole rings is 1. The summed E-state index contributed by atoms with van der Waals surface area (Å²) in [5.74, 6) is 2.46. The molecule has 1 unspecified atom stereocenters. The van der Waals surface area contributed by atoms with Crippen LogP contribution in [0.5, 0.6) is 0 Å². The molecule has 2 N–H and O–H groups in total. The van der Waals surface area contributed by atoms with E-state index in [1.54, 1.807) is 35.9 Å². The van der Waals surface area contributed by atoms with Crippen molar-refractivity contribution in [1.82, 2.24) is 29.9 Å². The SMILES string of the molecule is Cc1sc2c(c1C)C(c1ccc(CC3CC4(CCN(c5ccc(C(N)=O)nn5)CC4)C3)cc1F)=NC(Cc1ncco1)c1nnc(C)n1-2. The van der Waals surface area contributed by atoms with Crippen molar-refractivity contribution >= 4 is 28.8 Å². The Balaban J connectivity index is 1.000. The van der Waals surface area contributed by atoms with Crippen LogP contribution in [0, 0.1) is 37.9 Å². The van der Waals surface area contributed by atoms with E-state index in [1.165, 1.54) is 0 Å². The molecule has 0 bridgehead atoms. The highest BCUT2D eigenvalue weighted by Gasteiger charge is 2.45. The first-order valence-corrected chi connectivity index (χ1v) is 17.2. The Bertz CT molecular complexity index is 2030. The molecule has 1 amide bonds. The molecule has 6 heterocycles. The number of carbonyl (C=O) groups excluding carboxylic acids is 1. The van der Waals surface area contributed by atoms with Gasteiger partial charge in [-0.15, -0.1) is 31.7 Å². The highest BCUT2D eigenvalue weighted by molar-refractivity contribution is 7.15. The molecule has 2 fully saturated rings. The Morgan fingerprint density at radius 3 is 2.56 bits per heavy atom. The number of hydrogen-bond donors (Lipinski definition) is 1. The van der Waals surface area contributed by atoms with Crippen LogP contribution in [-0.4, -0.2) is 54.7 Å². The Hall–Kier alpha value is -4.78. The number of rotatable bonds is 7. The number of aliphatic imine (C=N–C) groups is 1. The van der Waals surface area contributed by atoms with Crippen LogP contribution >= 0.6 is 11.3 Å². The lowest BCUT2D eigenvalue weighted by atomic mass is 9.56. The van der Waals surface area contributed by atoms with Gasteiger partial charge in [0.25, 0.3) is 5.91 Å². The third-order valence-corrected chi connectivity index (χ3v) is 11.6. The zero-order chi connectivity index (χ0) is 33.2. The summed E-state index contributed by atoms with van der Waals surface area (Å²) in [7, 11) is 0. The van der Waals surface area contributed by atoms with Gasteiger partial charge in [-0.25, -0.2) is 9.37 Å². The monoisotopic (exact) mass is 665 g/mol. The maximum atomic E-state index is 16.2. The molecule has 1 aromatic carbocycles. The van der Waals surface area contributed by atoms with Gasteiger partial charge in [0.1, 0.15) is 28.9 Å².